The Hall–Kier alpha value is -2.55. The van der Waals surface area contributed by atoms with Crippen molar-refractivity contribution in [3.63, 3.8) is 0 Å². The first-order valence-electron chi connectivity index (χ1n) is 12.9. The molecule has 0 unspecified atom stereocenters. The molecule has 0 bridgehead atoms. The summed E-state index contributed by atoms with van der Waals surface area (Å²) in [7, 11) is -3.56. The third-order valence-electron chi connectivity index (χ3n) is 7.57. The van der Waals surface area contributed by atoms with Gasteiger partial charge < -0.3 is 4.90 Å². The Labute approximate surface area is 217 Å². The van der Waals surface area contributed by atoms with E-state index in [0.29, 0.717) is 37.0 Å². The van der Waals surface area contributed by atoms with Crippen LogP contribution in [0.15, 0.2) is 47.4 Å². The van der Waals surface area contributed by atoms with Crippen LogP contribution in [-0.4, -0.2) is 48.9 Å². The van der Waals surface area contributed by atoms with Crippen molar-refractivity contribution >= 4 is 48.2 Å². The second kappa shape index (κ2) is 9.08. The summed E-state index contributed by atoms with van der Waals surface area (Å²) in [6, 6.07) is 13.3. The van der Waals surface area contributed by atoms with Gasteiger partial charge in [-0.05, 0) is 53.6 Å². The van der Waals surface area contributed by atoms with Gasteiger partial charge in [0.15, 0.2) is 0 Å². The van der Waals surface area contributed by atoms with E-state index in [1.807, 2.05) is 41.7 Å². The molecule has 2 aliphatic rings. The van der Waals surface area contributed by atoms with Gasteiger partial charge in [-0.3, -0.25) is 0 Å². The van der Waals surface area contributed by atoms with Crippen molar-refractivity contribution in [2.24, 2.45) is 5.92 Å². The van der Waals surface area contributed by atoms with Crippen LogP contribution in [0.2, 0.25) is 0 Å². The summed E-state index contributed by atoms with van der Waals surface area (Å²) in [6.45, 7) is 8.73. The summed E-state index contributed by atoms with van der Waals surface area (Å²) in [5.74, 6) is 2.81. The molecule has 1 saturated heterocycles. The van der Waals surface area contributed by atoms with Crippen molar-refractivity contribution in [1.29, 1.82) is 0 Å². The number of piperazine rings is 1. The molecular formula is C28H32N4O2S2. The molecule has 36 heavy (non-hydrogen) atoms. The summed E-state index contributed by atoms with van der Waals surface area (Å²) in [6.07, 6.45) is 3.39. The van der Waals surface area contributed by atoms with Crippen molar-refractivity contribution in [3.05, 3.63) is 58.7 Å². The van der Waals surface area contributed by atoms with Gasteiger partial charge in [-0.2, -0.15) is 4.31 Å². The van der Waals surface area contributed by atoms with Crippen LogP contribution in [0.5, 0.6) is 0 Å². The molecule has 2 aromatic carbocycles. The number of thiophene rings is 1. The molecule has 0 spiro atoms. The van der Waals surface area contributed by atoms with E-state index < -0.39 is 10.0 Å². The van der Waals surface area contributed by atoms with Crippen LogP contribution in [-0.2, 0) is 22.9 Å². The normalized spacial score (nSPS) is 19.3. The minimum atomic E-state index is -3.56. The maximum atomic E-state index is 13.5. The van der Waals surface area contributed by atoms with Gasteiger partial charge in [0.25, 0.3) is 0 Å². The van der Waals surface area contributed by atoms with E-state index in [1.165, 1.54) is 22.2 Å². The fourth-order valence-corrected chi connectivity index (χ4v) is 8.29. The Morgan fingerprint density at radius 1 is 1.00 bits per heavy atom. The molecule has 6 rings (SSSR count). The van der Waals surface area contributed by atoms with E-state index in [2.05, 4.69) is 25.7 Å². The van der Waals surface area contributed by atoms with E-state index in [9.17, 15) is 8.42 Å². The van der Waals surface area contributed by atoms with Crippen LogP contribution in [0.4, 0.5) is 5.82 Å². The second-order valence-corrected chi connectivity index (χ2v) is 13.5. The lowest BCUT2D eigenvalue weighted by Crippen LogP contribution is -2.49. The Kier molecular flexibility index (Phi) is 6.01. The first-order chi connectivity index (χ1) is 17.3. The highest BCUT2D eigenvalue weighted by atomic mass is 32.2. The maximum absolute atomic E-state index is 13.5. The van der Waals surface area contributed by atoms with Crippen LogP contribution in [0.25, 0.3) is 21.0 Å². The molecule has 0 amide bonds. The number of hydrogen-bond donors (Lipinski definition) is 0. The highest BCUT2D eigenvalue weighted by Crippen LogP contribution is 2.42. The van der Waals surface area contributed by atoms with Gasteiger partial charge in [-0.15, -0.1) is 11.3 Å². The number of aryl methyl sites for hydroxylation is 1. The summed E-state index contributed by atoms with van der Waals surface area (Å²) < 4.78 is 28.6. The fraction of sp³-hybridized carbons (Fsp3) is 0.429. The highest BCUT2D eigenvalue weighted by Gasteiger charge is 2.32. The summed E-state index contributed by atoms with van der Waals surface area (Å²) in [5, 5.41) is 3.19. The first kappa shape index (κ1) is 23.8. The van der Waals surface area contributed by atoms with E-state index in [0.717, 1.165) is 40.1 Å². The van der Waals surface area contributed by atoms with E-state index in [-0.39, 0.29) is 5.92 Å². The van der Waals surface area contributed by atoms with Crippen LogP contribution in [0.3, 0.4) is 0 Å². The van der Waals surface area contributed by atoms with Gasteiger partial charge in [0.2, 0.25) is 10.0 Å². The van der Waals surface area contributed by atoms with Gasteiger partial charge in [-0.1, -0.05) is 51.1 Å². The molecule has 0 saturated carbocycles. The van der Waals surface area contributed by atoms with Crippen molar-refractivity contribution in [3.8, 4) is 0 Å². The first-order valence-corrected chi connectivity index (χ1v) is 15.1. The van der Waals surface area contributed by atoms with Crippen molar-refractivity contribution in [1.82, 2.24) is 14.3 Å². The molecule has 3 heterocycles. The van der Waals surface area contributed by atoms with E-state index in [1.54, 1.807) is 16.4 Å². The highest BCUT2D eigenvalue weighted by molar-refractivity contribution is 7.89. The largest absolute Gasteiger partial charge is 0.353 e. The number of aromatic nitrogens is 2. The molecule has 4 aromatic rings. The third-order valence-corrected chi connectivity index (χ3v) is 10.6. The molecule has 1 fully saturated rings. The molecule has 1 aliphatic heterocycles. The Morgan fingerprint density at radius 3 is 2.50 bits per heavy atom. The minimum Gasteiger partial charge on any atom is -0.353 e. The van der Waals surface area contributed by atoms with Crippen molar-refractivity contribution in [2.75, 3.05) is 31.1 Å². The van der Waals surface area contributed by atoms with Gasteiger partial charge >= 0.3 is 0 Å². The molecule has 1 atom stereocenters. The van der Waals surface area contributed by atoms with E-state index in [4.69, 9.17) is 9.97 Å². The molecule has 8 heteroatoms. The monoisotopic (exact) mass is 520 g/mol. The van der Waals surface area contributed by atoms with E-state index >= 15 is 0 Å². The Balaban J connectivity index is 1.30. The van der Waals surface area contributed by atoms with Crippen LogP contribution >= 0.6 is 11.3 Å². The minimum absolute atomic E-state index is 0.237. The number of sulfonamides is 1. The molecule has 0 N–H and O–H groups in total. The van der Waals surface area contributed by atoms with Gasteiger partial charge in [0.05, 0.1) is 10.3 Å². The van der Waals surface area contributed by atoms with Crippen molar-refractivity contribution in [2.45, 2.75) is 50.8 Å². The number of fused-ring (bicyclic) bond motifs is 4. The molecule has 2 aromatic heterocycles. The van der Waals surface area contributed by atoms with Crippen LogP contribution < -0.4 is 4.90 Å². The fourth-order valence-electron chi connectivity index (χ4n) is 5.44. The van der Waals surface area contributed by atoms with Crippen LogP contribution in [0, 0.1) is 5.92 Å². The molecule has 1 aliphatic carbocycles. The standard InChI is InChI=1S/C28H32N4O2S2/c1-18(2)26-29-27(25-23-11-8-19(3)16-24(23)35-28(25)30-26)31-12-14-32(15-13-31)36(33,34)22-10-9-20-6-4-5-7-21(20)17-22/h4-7,9-10,17-19H,8,11-16H2,1-3H3/t19-/m1/s1. The summed E-state index contributed by atoms with van der Waals surface area (Å²) in [4.78, 5) is 15.2. The average molecular weight is 521 g/mol. The summed E-state index contributed by atoms with van der Waals surface area (Å²) in [5.41, 5.74) is 1.42. The number of rotatable bonds is 4. The Bertz CT molecular complexity index is 1550. The smallest absolute Gasteiger partial charge is 0.243 e. The maximum Gasteiger partial charge on any atom is 0.243 e. The molecule has 6 nitrogen and oxygen atoms in total. The molecule has 0 radical (unpaired) electrons. The van der Waals surface area contributed by atoms with Gasteiger partial charge in [0.1, 0.15) is 16.5 Å². The lowest BCUT2D eigenvalue weighted by molar-refractivity contribution is 0.384. The third kappa shape index (κ3) is 4.09. The number of benzene rings is 2. The predicted octanol–water partition coefficient (Wildman–Crippen LogP) is 5.60. The lowest BCUT2D eigenvalue weighted by atomic mass is 9.89. The quantitative estimate of drug-likeness (QED) is 0.350. The zero-order valence-electron chi connectivity index (χ0n) is 21.1. The predicted molar refractivity (Wildman–Crippen MR) is 148 cm³/mol. The number of anilines is 1. The van der Waals surface area contributed by atoms with Gasteiger partial charge in [0, 0.05) is 37.0 Å². The Morgan fingerprint density at radius 2 is 1.75 bits per heavy atom. The zero-order chi connectivity index (χ0) is 25.0. The van der Waals surface area contributed by atoms with Gasteiger partial charge in [-0.25, -0.2) is 18.4 Å². The number of hydrogen-bond acceptors (Lipinski definition) is 6. The van der Waals surface area contributed by atoms with Crippen LogP contribution in [0.1, 0.15) is 49.4 Å². The lowest BCUT2D eigenvalue weighted by Gasteiger charge is -2.35. The molecular weight excluding hydrogens is 488 g/mol. The molecule has 188 valence electrons. The number of nitrogens with zero attached hydrogens (tertiary/aromatic N) is 4. The summed E-state index contributed by atoms with van der Waals surface area (Å²) >= 11 is 1.83. The SMILES string of the molecule is CC(C)c1nc(N2CCN(S(=O)(=O)c3ccc4ccccc4c3)CC2)c2c3c(sc2n1)C[C@H](C)CC3. The zero-order valence-corrected chi connectivity index (χ0v) is 22.7. The average Bonchev–Trinajstić information content (AvgIpc) is 3.25. The second-order valence-electron chi connectivity index (χ2n) is 10.5. The van der Waals surface area contributed by atoms with Crippen molar-refractivity contribution < 1.29 is 8.42 Å². The topological polar surface area (TPSA) is 66.4 Å².